The molecule has 2 N–H and O–H groups in total. The van der Waals surface area contributed by atoms with Gasteiger partial charge >= 0.3 is 0 Å². The molecule has 9 nitrogen and oxygen atoms in total. The van der Waals surface area contributed by atoms with E-state index in [1.807, 2.05) is 0 Å². The Balaban J connectivity index is 1.88. The zero-order chi connectivity index (χ0) is 14.8. The number of H-pyrrole nitrogens is 1. The molecule has 2 aromatic heterocycles. The summed E-state index contributed by atoms with van der Waals surface area (Å²) < 4.78 is 15.1. The van der Waals surface area contributed by atoms with Crippen LogP contribution in [0.25, 0.3) is 5.69 Å². The summed E-state index contributed by atoms with van der Waals surface area (Å²) in [4.78, 5) is 15.8. The number of hydrogen-bond donors (Lipinski definition) is 2. The number of amides is 1. The van der Waals surface area contributed by atoms with Crippen molar-refractivity contribution in [1.29, 1.82) is 0 Å². The summed E-state index contributed by atoms with van der Waals surface area (Å²) in [6.07, 6.45) is 1.36. The predicted octanol–water partition coefficient (Wildman–Crippen LogP) is 0.480. The zero-order valence-electron chi connectivity index (χ0n) is 10.8. The van der Waals surface area contributed by atoms with Gasteiger partial charge in [-0.3, -0.25) is 9.89 Å². The first-order chi connectivity index (χ1) is 10.1. The van der Waals surface area contributed by atoms with Crippen molar-refractivity contribution >= 4 is 11.6 Å². The van der Waals surface area contributed by atoms with Gasteiger partial charge in [0.25, 0.3) is 5.91 Å². The number of anilines is 1. The van der Waals surface area contributed by atoms with Gasteiger partial charge in [0.1, 0.15) is 18.0 Å². The van der Waals surface area contributed by atoms with Crippen LogP contribution in [0.4, 0.5) is 10.1 Å². The highest BCUT2D eigenvalue weighted by atomic mass is 19.1. The highest BCUT2D eigenvalue weighted by Crippen LogP contribution is 2.18. The molecule has 0 aliphatic heterocycles. The van der Waals surface area contributed by atoms with Crippen LogP contribution in [0.3, 0.4) is 0 Å². The first-order valence-corrected chi connectivity index (χ1v) is 5.87. The summed E-state index contributed by atoms with van der Waals surface area (Å²) in [6.45, 7) is 1.66. The van der Waals surface area contributed by atoms with Gasteiger partial charge in [-0.15, -0.1) is 10.2 Å². The SMILES string of the molecule is Cc1nc(C(=O)Nc2cc(-n3cnnn3)ccc2F)n[nH]1. The number of aromatic nitrogens is 7. The van der Waals surface area contributed by atoms with Crippen LogP contribution in [-0.2, 0) is 0 Å². The fourth-order valence-corrected chi connectivity index (χ4v) is 1.65. The minimum Gasteiger partial charge on any atom is -0.317 e. The van der Waals surface area contributed by atoms with Crippen LogP contribution >= 0.6 is 0 Å². The van der Waals surface area contributed by atoms with E-state index in [4.69, 9.17) is 0 Å². The van der Waals surface area contributed by atoms with Gasteiger partial charge in [0, 0.05) is 0 Å². The average molecular weight is 288 g/mol. The Morgan fingerprint density at radius 3 is 2.95 bits per heavy atom. The third-order valence-electron chi connectivity index (χ3n) is 2.61. The molecule has 10 heteroatoms. The molecule has 3 rings (SSSR count). The second kappa shape index (κ2) is 5.07. The summed E-state index contributed by atoms with van der Waals surface area (Å²) in [5, 5.41) is 19.3. The molecule has 106 valence electrons. The van der Waals surface area contributed by atoms with Gasteiger partial charge in [0.15, 0.2) is 0 Å². The number of carbonyl (C=O) groups is 1. The van der Waals surface area contributed by atoms with E-state index >= 15 is 0 Å². The molecular weight excluding hydrogens is 279 g/mol. The monoisotopic (exact) mass is 288 g/mol. The molecule has 21 heavy (non-hydrogen) atoms. The third kappa shape index (κ3) is 2.59. The van der Waals surface area contributed by atoms with E-state index in [9.17, 15) is 9.18 Å². The van der Waals surface area contributed by atoms with Gasteiger partial charge in [-0.1, -0.05) is 0 Å². The van der Waals surface area contributed by atoms with Gasteiger partial charge in [0.05, 0.1) is 11.4 Å². The van der Waals surface area contributed by atoms with Crippen LogP contribution in [0.5, 0.6) is 0 Å². The van der Waals surface area contributed by atoms with E-state index < -0.39 is 11.7 Å². The summed E-state index contributed by atoms with van der Waals surface area (Å²) >= 11 is 0. The minimum atomic E-state index is -0.618. The summed E-state index contributed by atoms with van der Waals surface area (Å²) in [5.41, 5.74) is 0.485. The van der Waals surface area contributed by atoms with Gasteiger partial charge in [-0.05, 0) is 35.5 Å². The van der Waals surface area contributed by atoms with Crippen LogP contribution in [0.15, 0.2) is 24.5 Å². The van der Waals surface area contributed by atoms with Crippen LogP contribution in [0, 0.1) is 12.7 Å². The van der Waals surface area contributed by atoms with Crippen LogP contribution in [0.2, 0.25) is 0 Å². The lowest BCUT2D eigenvalue weighted by atomic mass is 10.2. The number of aryl methyl sites for hydroxylation is 1. The number of carbonyl (C=O) groups excluding carboxylic acids is 1. The van der Waals surface area contributed by atoms with Crippen molar-refractivity contribution in [2.45, 2.75) is 6.92 Å². The molecule has 0 saturated carbocycles. The van der Waals surface area contributed by atoms with Crippen LogP contribution in [0.1, 0.15) is 16.4 Å². The molecule has 3 aromatic rings. The zero-order valence-corrected chi connectivity index (χ0v) is 10.8. The maximum Gasteiger partial charge on any atom is 0.295 e. The predicted molar refractivity (Wildman–Crippen MR) is 68.2 cm³/mol. The molecule has 0 spiro atoms. The Hall–Kier alpha value is -3.17. The summed E-state index contributed by atoms with van der Waals surface area (Å²) in [7, 11) is 0. The van der Waals surface area contributed by atoms with Gasteiger partial charge in [-0.2, -0.15) is 0 Å². The molecule has 0 unspecified atom stereocenters. The molecule has 2 heterocycles. The van der Waals surface area contributed by atoms with Crippen LogP contribution < -0.4 is 5.32 Å². The number of halogens is 1. The van der Waals surface area contributed by atoms with Gasteiger partial charge in [-0.25, -0.2) is 14.1 Å². The highest BCUT2D eigenvalue weighted by Gasteiger charge is 2.14. The maximum absolute atomic E-state index is 13.8. The molecular formula is C11H9FN8O. The van der Waals surface area contributed by atoms with E-state index in [0.29, 0.717) is 11.5 Å². The average Bonchev–Trinajstić information content (AvgIpc) is 3.12. The number of benzene rings is 1. The fourth-order valence-electron chi connectivity index (χ4n) is 1.65. The smallest absolute Gasteiger partial charge is 0.295 e. The van der Waals surface area contributed by atoms with E-state index in [0.717, 1.165) is 0 Å². The molecule has 0 radical (unpaired) electrons. The summed E-state index contributed by atoms with van der Waals surface area (Å²) in [5.74, 6) is -0.790. The lowest BCUT2D eigenvalue weighted by molar-refractivity contribution is 0.101. The minimum absolute atomic E-state index is 0.0181. The van der Waals surface area contributed by atoms with Crippen molar-refractivity contribution in [3.8, 4) is 5.69 Å². The number of aromatic amines is 1. The first kappa shape index (κ1) is 12.8. The number of rotatable bonds is 3. The lowest BCUT2D eigenvalue weighted by Gasteiger charge is -2.06. The normalized spacial score (nSPS) is 10.6. The highest BCUT2D eigenvalue weighted by molar-refractivity contribution is 6.01. The molecule has 0 bridgehead atoms. The van der Waals surface area contributed by atoms with Gasteiger partial charge < -0.3 is 5.32 Å². The van der Waals surface area contributed by atoms with Crippen molar-refractivity contribution in [2.75, 3.05) is 5.32 Å². The van der Waals surface area contributed by atoms with E-state index in [1.54, 1.807) is 6.92 Å². The van der Waals surface area contributed by atoms with Crippen molar-refractivity contribution < 1.29 is 9.18 Å². The number of tetrazole rings is 1. The number of nitrogens with zero attached hydrogens (tertiary/aromatic N) is 6. The second-order valence-electron chi connectivity index (χ2n) is 4.12. The molecule has 1 amide bonds. The Morgan fingerprint density at radius 2 is 2.29 bits per heavy atom. The second-order valence-corrected chi connectivity index (χ2v) is 4.12. The Labute approximate surface area is 117 Å². The van der Waals surface area contributed by atoms with Crippen molar-refractivity contribution in [3.63, 3.8) is 0 Å². The molecule has 1 aromatic carbocycles. The quantitative estimate of drug-likeness (QED) is 0.724. The van der Waals surface area contributed by atoms with E-state index in [-0.39, 0.29) is 11.5 Å². The standard InChI is InChI=1S/C11H9FN8O/c1-6-14-10(17-16-6)11(21)15-9-4-7(2-3-8(9)12)20-5-13-18-19-20/h2-5H,1H3,(H,15,21)(H,14,16,17). The summed E-state index contributed by atoms with van der Waals surface area (Å²) in [6, 6.07) is 4.09. The molecule has 0 fully saturated rings. The van der Waals surface area contributed by atoms with Crippen molar-refractivity contribution in [3.05, 3.63) is 42.0 Å². The Kier molecular flexibility index (Phi) is 3.10. The Bertz CT molecular complexity index is 781. The molecule has 0 aliphatic carbocycles. The number of nitrogens with one attached hydrogen (secondary N) is 2. The van der Waals surface area contributed by atoms with Crippen molar-refractivity contribution in [2.24, 2.45) is 0 Å². The largest absolute Gasteiger partial charge is 0.317 e. The van der Waals surface area contributed by atoms with Gasteiger partial charge in [0.2, 0.25) is 5.82 Å². The lowest BCUT2D eigenvalue weighted by Crippen LogP contribution is -2.15. The van der Waals surface area contributed by atoms with Crippen LogP contribution in [-0.4, -0.2) is 41.3 Å². The van der Waals surface area contributed by atoms with E-state index in [2.05, 4.69) is 36.0 Å². The molecule has 0 aliphatic rings. The number of hydrogen-bond acceptors (Lipinski definition) is 6. The Morgan fingerprint density at radius 1 is 1.43 bits per heavy atom. The maximum atomic E-state index is 13.8. The van der Waals surface area contributed by atoms with Crippen molar-refractivity contribution in [1.82, 2.24) is 35.4 Å². The molecule has 0 atom stereocenters. The third-order valence-corrected chi connectivity index (χ3v) is 2.61. The topological polar surface area (TPSA) is 114 Å². The molecule has 0 saturated heterocycles. The fraction of sp³-hybridized carbons (Fsp3) is 0.0909. The van der Waals surface area contributed by atoms with E-state index in [1.165, 1.54) is 29.2 Å². The first-order valence-electron chi connectivity index (χ1n) is 5.87.